The van der Waals surface area contributed by atoms with Crippen LogP contribution in [0, 0.1) is 0 Å². The summed E-state index contributed by atoms with van der Waals surface area (Å²) in [5.74, 6) is 0. The lowest BCUT2D eigenvalue weighted by molar-refractivity contribution is -0.283. The van der Waals surface area contributed by atoms with Crippen molar-refractivity contribution in [3.8, 4) is 0 Å². The summed E-state index contributed by atoms with van der Waals surface area (Å²) in [5, 5.41) is 2.49. The molecule has 0 aliphatic carbocycles. The van der Waals surface area contributed by atoms with Gasteiger partial charge in [-0.25, -0.2) is 4.79 Å². The maximum Gasteiger partial charge on any atom is 0.423 e. The van der Waals surface area contributed by atoms with Crippen LogP contribution in [0.4, 0.5) is 23.7 Å². The quantitative estimate of drug-likeness (QED) is 0.779. The van der Waals surface area contributed by atoms with Crippen LogP contribution in [0.1, 0.15) is 5.56 Å². The van der Waals surface area contributed by atoms with Gasteiger partial charge in [0.15, 0.2) is 0 Å². The Morgan fingerprint density at radius 3 is 2.71 bits per heavy atom. The van der Waals surface area contributed by atoms with E-state index in [9.17, 15) is 18.0 Å². The maximum atomic E-state index is 14.0. The largest absolute Gasteiger partial charge is 0.423 e. The number of urea groups is 1. The number of alkyl halides is 3. The third-order valence-electron chi connectivity index (χ3n) is 3.49. The molecule has 1 aromatic rings. The van der Waals surface area contributed by atoms with Gasteiger partial charge in [-0.15, -0.1) is 0 Å². The van der Waals surface area contributed by atoms with Gasteiger partial charge in [-0.1, -0.05) is 34.8 Å². The lowest BCUT2D eigenvalue weighted by atomic mass is 9.91. The number of carbonyl (C=O) groups excluding carboxylic acids is 1. The Morgan fingerprint density at radius 1 is 1.46 bits per heavy atom. The van der Waals surface area contributed by atoms with Gasteiger partial charge < -0.3 is 15.0 Å². The molecule has 0 unspecified atom stereocenters. The molecule has 10 heteroatoms. The predicted octanol–water partition coefficient (Wildman–Crippen LogP) is 4.91. The standard InChI is InChI=1S/C14H12Cl3F3N2O2/c1-22-7-13(14(18,19)20,24-5-4-11(16)17)9-6-8(15)2-3-10(9)21-12(22)23/h2-4,6H,5,7H2,1H3,(H,21,23)/t13-/m1/s1. The number of hydrogen-bond donors (Lipinski definition) is 1. The van der Waals surface area contributed by atoms with Crippen molar-refractivity contribution < 1.29 is 22.7 Å². The fourth-order valence-corrected chi connectivity index (χ4v) is 2.65. The van der Waals surface area contributed by atoms with E-state index in [0.717, 1.165) is 17.0 Å². The number of nitrogens with zero attached hydrogens (tertiary/aromatic N) is 1. The SMILES string of the molecule is CN1C[C@](OCC=C(Cl)Cl)(C(F)(F)F)c2cc(Cl)ccc2NC1=O. The zero-order chi connectivity index (χ0) is 18.1. The summed E-state index contributed by atoms with van der Waals surface area (Å²) in [6, 6.07) is 3.10. The lowest BCUT2D eigenvalue weighted by Crippen LogP contribution is -2.52. The first-order valence-corrected chi connectivity index (χ1v) is 7.74. The Bertz CT molecular complexity index is 678. The van der Waals surface area contributed by atoms with Crippen molar-refractivity contribution in [3.63, 3.8) is 0 Å². The number of amides is 2. The van der Waals surface area contributed by atoms with Crippen LogP contribution < -0.4 is 5.32 Å². The zero-order valence-electron chi connectivity index (χ0n) is 12.3. The molecule has 1 atom stereocenters. The fraction of sp³-hybridized carbons (Fsp3) is 0.357. The van der Waals surface area contributed by atoms with Crippen LogP contribution in [0.3, 0.4) is 0 Å². The topological polar surface area (TPSA) is 41.6 Å². The Hall–Kier alpha value is -1.15. The highest BCUT2D eigenvalue weighted by molar-refractivity contribution is 6.55. The average molecular weight is 404 g/mol. The highest BCUT2D eigenvalue weighted by atomic mass is 35.5. The van der Waals surface area contributed by atoms with Gasteiger partial charge in [0.25, 0.3) is 0 Å². The van der Waals surface area contributed by atoms with E-state index in [1.165, 1.54) is 19.2 Å². The summed E-state index contributed by atoms with van der Waals surface area (Å²) in [4.78, 5) is 12.8. The summed E-state index contributed by atoms with van der Waals surface area (Å²) in [6.07, 6.45) is -3.75. The first kappa shape index (κ1) is 19.2. The molecule has 132 valence electrons. The fourth-order valence-electron chi connectivity index (χ4n) is 2.36. The third kappa shape index (κ3) is 3.74. The highest BCUT2D eigenvalue weighted by Gasteiger charge is 2.60. The number of fused-ring (bicyclic) bond motifs is 1. The van der Waals surface area contributed by atoms with Crippen molar-refractivity contribution in [2.24, 2.45) is 0 Å². The van der Waals surface area contributed by atoms with Crippen LogP contribution in [0.15, 0.2) is 28.8 Å². The number of likely N-dealkylation sites (N-methyl/N-ethyl adjacent to an activating group) is 1. The van der Waals surface area contributed by atoms with Crippen LogP contribution in [-0.4, -0.2) is 37.3 Å². The van der Waals surface area contributed by atoms with E-state index in [-0.39, 0.29) is 20.8 Å². The molecule has 0 saturated heterocycles. The third-order valence-corrected chi connectivity index (χ3v) is 4.03. The van der Waals surface area contributed by atoms with Gasteiger partial charge in [-0.05, 0) is 24.3 Å². The molecule has 24 heavy (non-hydrogen) atoms. The number of anilines is 1. The van der Waals surface area contributed by atoms with Gasteiger partial charge in [-0.2, -0.15) is 13.2 Å². The molecule has 4 nitrogen and oxygen atoms in total. The molecule has 1 heterocycles. The molecule has 0 aromatic heterocycles. The van der Waals surface area contributed by atoms with Crippen LogP contribution in [-0.2, 0) is 10.3 Å². The molecule has 0 saturated carbocycles. The molecule has 0 fully saturated rings. The minimum atomic E-state index is -4.83. The van der Waals surface area contributed by atoms with E-state index in [1.807, 2.05) is 0 Å². The number of benzene rings is 1. The molecule has 2 rings (SSSR count). The first-order valence-electron chi connectivity index (χ1n) is 6.61. The minimum absolute atomic E-state index is 0.0352. The van der Waals surface area contributed by atoms with Gasteiger partial charge in [0.05, 0.1) is 13.2 Å². The van der Waals surface area contributed by atoms with Crippen LogP contribution in [0.2, 0.25) is 5.02 Å². The maximum absolute atomic E-state index is 14.0. The molecule has 1 aromatic carbocycles. The predicted molar refractivity (Wildman–Crippen MR) is 86.6 cm³/mol. The number of ether oxygens (including phenoxy) is 1. The summed E-state index contributed by atoms with van der Waals surface area (Å²) in [7, 11) is 1.23. The number of carbonyl (C=O) groups is 1. The molecular formula is C14H12Cl3F3N2O2. The second-order valence-electron chi connectivity index (χ2n) is 5.11. The Kier molecular flexibility index (Phi) is 5.59. The summed E-state index contributed by atoms with van der Waals surface area (Å²) in [6.45, 7) is -1.26. The number of halogens is 6. The minimum Gasteiger partial charge on any atom is -0.355 e. The zero-order valence-corrected chi connectivity index (χ0v) is 14.5. The van der Waals surface area contributed by atoms with E-state index in [2.05, 4.69) is 5.32 Å². The van der Waals surface area contributed by atoms with Crippen molar-refractivity contribution in [2.45, 2.75) is 11.8 Å². The van der Waals surface area contributed by atoms with Crippen molar-refractivity contribution in [1.82, 2.24) is 4.90 Å². The second-order valence-corrected chi connectivity index (χ2v) is 6.55. The Balaban J connectivity index is 2.64. The van der Waals surface area contributed by atoms with Crippen LogP contribution in [0.25, 0.3) is 0 Å². The highest BCUT2D eigenvalue weighted by Crippen LogP contribution is 2.47. The van der Waals surface area contributed by atoms with Crippen molar-refractivity contribution in [3.05, 3.63) is 39.4 Å². The van der Waals surface area contributed by atoms with E-state index < -0.39 is 31.0 Å². The molecule has 1 aliphatic heterocycles. The molecule has 2 amide bonds. The van der Waals surface area contributed by atoms with Crippen LogP contribution in [0.5, 0.6) is 0 Å². The van der Waals surface area contributed by atoms with E-state index in [0.29, 0.717) is 0 Å². The molecule has 0 spiro atoms. The van der Waals surface area contributed by atoms with Gasteiger partial charge >= 0.3 is 12.2 Å². The monoisotopic (exact) mass is 402 g/mol. The number of nitrogens with one attached hydrogen (secondary N) is 1. The molecule has 1 N–H and O–H groups in total. The number of hydrogen-bond acceptors (Lipinski definition) is 2. The van der Waals surface area contributed by atoms with Gasteiger partial charge in [-0.3, -0.25) is 0 Å². The van der Waals surface area contributed by atoms with Crippen molar-refractivity contribution >= 4 is 46.5 Å². The van der Waals surface area contributed by atoms with E-state index in [4.69, 9.17) is 39.5 Å². The molecule has 0 radical (unpaired) electrons. The average Bonchev–Trinajstić information content (AvgIpc) is 2.55. The summed E-state index contributed by atoms with van der Waals surface area (Å²) in [5.41, 5.74) is -3.12. The Labute approximate surface area is 151 Å². The van der Waals surface area contributed by atoms with Gasteiger partial charge in [0.2, 0.25) is 5.60 Å². The van der Waals surface area contributed by atoms with E-state index in [1.54, 1.807) is 0 Å². The lowest BCUT2D eigenvalue weighted by Gasteiger charge is -2.37. The molecular weight excluding hydrogens is 392 g/mol. The van der Waals surface area contributed by atoms with Gasteiger partial charge in [0.1, 0.15) is 4.49 Å². The first-order chi connectivity index (χ1) is 11.1. The summed E-state index contributed by atoms with van der Waals surface area (Å²) < 4.78 is 46.9. The molecule has 0 bridgehead atoms. The van der Waals surface area contributed by atoms with E-state index >= 15 is 0 Å². The molecule has 1 aliphatic rings. The smallest absolute Gasteiger partial charge is 0.355 e. The van der Waals surface area contributed by atoms with Crippen molar-refractivity contribution in [2.75, 3.05) is 25.5 Å². The van der Waals surface area contributed by atoms with Crippen LogP contribution >= 0.6 is 34.8 Å². The normalized spacial score (nSPS) is 21.0. The van der Waals surface area contributed by atoms with Crippen molar-refractivity contribution in [1.29, 1.82) is 0 Å². The Morgan fingerprint density at radius 2 is 2.12 bits per heavy atom. The van der Waals surface area contributed by atoms with Gasteiger partial charge in [0, 0.05) is 23.3 Å². The summed E-state index contributed by atoms with van der Waals surface area (Å²) >= 11 is 16.7. The second kappa shape index (κ2) is 7.00. The number of rotatable bonds is 3.